The number of aliphatic hydroxyl groups is 1. The summed E-state index contributed by atoms with van der Waals surface area (Å²) in [7, 11) is 0. The Morgan fingerprint density at radius 2 is 2.29 bits per heavy atom. The van der Waals surface area contributed by atoms with E-state index in [4.69, 9.17) is 22.4 Å². The van der Waals surface area contributed by atoms with Crippen molar-refractivity contribution in [1.82, 2.24) is 4.90 Å². The lowest BCUT2D eigenvalue weighted by Gasteiger charge is -2.20. The summed E-state index contributed by atoms with van der Waals surface area (Å²) in [4.78, 5) is 13.6. The third-order valence-corrected chi connectivity index (χ3v) is 2.69. The van der Waals surface area contributed by atoms with Crippen LogP contribution in [0.15, 0.2) is 30.9 Å². The van der Waals surface area contributed by atoms with Gasteiger partial charge in [-0.05, 0) is 12.1 Å². The van der Waals surface area contributed by atoms with Crippen molar-refractivity contribution in [3.05, 3.63) is 41.4 Å². The number of carbonyl (C=O) groups is 1. The Labute approximate surface area is 105 Å². The molecule has 0 saturated heterocycles. The van der Waals surface area contributed by atoms with Gasteiger partial charge in [0.25, 0.3) is 5.91 Å². The van der Waals surface area contributed by atoms with Crippen LogP contribution in [0.1, 0.15) is 10.4 Å². The molecule has 0 aromatic heterocycles. The minimum atomic E-state index is -0.267. The SMILES string of the molecule is C=CCN(CCO)C(=O)c1cccc(N)c1Cl. The number of benzene rings is 1. The van der Waals surface area contributed by atoms with Crippen LogP contribution in [0.5, 0.6) is 0 Å². The van der Waals surface area contributed by atoms with Crippen molar-refractivity contribution in [2.75, 3.05) is 25.4 Å². The van der Waals surface area contributed by atoms with Gasteiger partial charge in [0.05, 0.1) is 22.9 Å². The molecule has 1 aromatic rings. The van der Waals surface area contributed by atoms with Gasteiger partial charge in [0, 0.05) is 13.1 Å². The molecule has 4 nitrogen and oxygen atoms in total. The molecule has 5 heteroatoms. The number of hydrogen-bond donors (Lipinski definition) is 2. The molecule has 92 valence electrons. The van der Waals surface area contributed by atoms with E-state index in [1.54, 1.807) is 24.3 Å². The van der Waals surface area contributed by atoms with Crippen molar-refractivity contribution >= 4 is 23.2 Å². The molecule has 1 aromatic carbocycles. The summed E-state index contributed by atoms with van der Waals surface area (Å²) in [6, 6.07) is 4.90. The Kier molecular flexibility index (Phi) is 5.00. The van der Waals surface area contributed by atoms with Crippen molar-refractivity contribution in [3.8, 4) is 0 Å². The number of anilines is 1. The van der Waals surface area contributed by atoms with Gasteiger partial charge >= 0.3 is 0 Å². The average molecular weight is 255 g/mol. The van der Waals surface area contributed by atoms with Crippen molar-refractivity contribution in [3.63, 3.8) is 0 Å². The summed E-state index contributed by atoms with van der Waals surface area (Å²) < 4.78 is 0. The van der Waals surface area contributed by atoms with Gasteiger partial charge in [0.1, 0.15) is 0 Å². The Bertz CT molecular complexity index is 421. The number of rotatable bonds is 5. The highest BCUT2D eigenvalue weighted by Crippen LogP contribution is 2.24. The zero-order valence-electron chi connectivity index (χ0n) is 9.40. The minimum Gasteiger partial charge on any atom is -0.398 e. The molecule has 0 unspecified atom stereocenters. The number of carbonyl (C=O) groups excluding carboxylic acids is 1. The Balaban J connectivity index is 3.00. The Morgan fingerprint density at radius 1 is 1.59 bits per heavy atom. The maximum atomic E-state index is 12.1. The van der Waals surface area contributed by atoms with Crippen molar-refractivity contribution in [2.45, 2.75) is 0 Å². The summed E-state index contributed by atoms with van der Waals surface area (Å²) in [5, 5.41) is 9.14. The standard InChI is InChI=1S/C12H15ClN2O2/c1-2-6-15(7-8-16)12(17)9-4-3-5-10(14)11(9)13/h2-5,16H,1,6-8,14H2. The molecule has 0 radical (unpaired) electrons. The van der Waals surface area contributed by atoms with Gasteiger partial charge in [-0.25, -0.2) is 0 Å². The van der Waals surface area contributed by atoms with Crippen LogP contribution in [0.2, 0.25) is 5.02 Å². The molecule has 0 heterocycles. The summed E-state index contributed by atoms with van der Waals surface area (Å²) in [6.07, 6.45) is 1.59. The second-order valence-electron chi connectivity index (χ2n) is 3.47. The van der Waals surface area contributed by atoms with Crippen LogP contribution in [0.4, 0.5) is 5.69 Å². The Morgan fingerprint density at radius 3 is 2.88 bits per heavy atom. The third kappa shape index (κ3) is 3.22. The minimum absolute atomic E-state index is 0.112. The summed E-state index contributed by atoms with van der Waals surface area (Å²) >= 11 is 5.97. The van der Waals surface area contributed by atoms with E-state index in [-0.39, 0.29) is 24.1 Å². The number of hydrogen-bond acceptors (Lipinski definition) is 3. The van der Waals surface area contributed by atoms with Crippen LogP contribution in [0.25, 0.3) is 0 Å². The highest BCUT2D eigenvalue weighted by atomic mass is 35.5. The van der Waals surface area contributed by atoms with E-state index in [0.29, 0.717) is 17.8 Å². The number of nitrogens with zero attached hydrogens (tertiary/aromatic N) is 1. The van der Waals surface area contributed by atoms with Gasteiger partial charge in [-0.15, -0.1) is 6.58 Å². The maximum absolute atomic E-state index is 12.1. The molecule has 1 amide bonds. The van der Waals surface area contributed by atoms with Crippen LogP contribution in [0.3, 0.4) is 0 Å². The molecular weight excluding hydrogens is 240 g/mol. The molecule has 0 aliphatic heterocycles. The van der Waals surface area contributed by atoms with E-state index < -0.39 is 0 Å². The zero-order valence-corrected chi connectivity index (χ0v) is 10.2. The van der Waals surface area contributed by atoms with Gasteiger partial charge < -0.3 is 15.7 Å². The molecule has 0 saturated carbocycles. The highest BCUT2D eigenvalue weighted by Gasteiger charge is 2.17. The maximum Gasteiger partial charge on any atom is 0.255 e. The molecule has 0 aliphatic carbocycles. The quantitative estimate of drug-likeness (QED) is 0.619. The average Bonchev–Trinajstić information content (AvgIpc) is 2.31. The third-order valence-electron chi connectivity index (χ3n) is 2.27. The van der Waals surface area contributed by atoms with Crippen molar-refractivity contribution in [1.29, 1.82) is 0 Å². The number of amides is 1. The smallest absolute Gasteiger partial charge is 0.255 e. The molecular formula is C12H15ClN2O2. The first-order valence-corrected chi connectivity index (χ1v) is 5.54. The fourth-order valence-electron chi connectivity index (χ4n) is 1.44. The molecule has 17 heavy (non-hydrogen) atoms. The van der Waals surface area contributed by atoms with Crippen LogP contribution in [-0.2, 0) is 0 Å². The van der Waals surface area contributed by atoms with Gasteiger partial charge in [0.15, 0.2) is 0 Å². The summed E-state index contributed by atoms with van der Waals surface area (Å²) in [5.74, 6) is -0.267. The lowest BCUT2D eigenvalue weighted by atomic mass is 10.1. The molecule has 1 rings (SSSR count). The van der Waals surface area contributed by atoms with E-state index >= 15 is 0 Å². The van der Waals surface area contributed by atoms with Gasteiger partial charge in [0.2, 0.25) is 0 Å². The number of nitrogen functional groups attached to an aromatic ring is 1. The van der Waals surface area contributed by atoms with Gasteiger partial charge in [-0.3, -0.25) is 4.79 Å². The van der Waals surface area contributed by atoms with E-state index in [0.717, 1.165) is 0 Å². The zero-order chi connectivity index (χ0) is 12.8. The fourth-order valence-corrected chi connectivity index (χ4v) is 1.64. The normalized spacial score (nSPS) is 10.0. The number of nitrogens with two attached hydrogens (primary N) is 1. The van der Waals surface area contributed by atoms with Crippen LogP contribution in [0, 0.1) is 0 Å². The van der Waals surface area contributed by atoms with Crippen LogP contribution >= 0.6 is 11.6 Å². The molecule has 0 aliphatic rings. The van der Waals surface area contributed by atoms with Crippen molar-refractivity contribution < 1.29 is 9.90 Å². The first-order chi connectivity index (χ1) is 8.11. The first kappa shape index (κ1) is 13.5. The monoisotopic (exact) mass is 254 g/mol. The second kappa shape index (κ2) is 6.27. The topological polar surface area (TPSA) is 66.6 Å². The fraction of sp³-hybridized carbons (Fsp3) is 0.250. The predicted octanol–water partition coefficient (Wildman–Crippen LogP) is 1.54. The summed E-state index contributed by atoms with van der Waals surface area (Å²) in [6.45, 7) is 4.04. The van der Waals surface area contributed by atoms with E-state index in [2.05, 4.69) is 6.58 Å². The Hall–Kier alpha value is -1.52. The lowest BCUT2D eigenvalue weighted by molar-refractivity contribution is 0.0743. The van der Waals surface area contributed by atoms with Crippen LogP contribution < -0.4 is 5.73 Å². The van der Waals surface area contributed by atoms with E-state index in [1.165, 1.54) is 4.90 Å². The molecule has 0 bridgehead atoms. The molecule has 0 fully saturated rings. The first-order valence-electron chi connectivity index (χ1n) is 5.16. The van der Waals surface area contributed by atoms with Crippen LogP contribution in [-0.4, -0.2) is 35.6 Å². The molecule has 0 spiro atoms. The number of halogens is 1. The largest absolute Gasteiger partial charge is 0.398 e. The molecule has 3 N–H and O–H groups in total. The number of aliphatic hydroxyl groups excluding tert-OH is 1. The predicted molar refractivity (Wildman–Crippen MR) is 69.1 cm³/mol. The highest BCUT2D eigenvalue weighted by molar-refractivity contribution is 6.36. The molecule has 0 atom stereocenters. The van der Waals surface area contributed by atoms with E-state index in [9.17, 15) is 4.79 Å². The van der Waals surface area contributed by atoms with Gasteiger partial charge in [-0.1, -0.05) is 23.7 Å². The van der Waals surface area contributed by atoms with Gasteiger partial charge in [-0.2, -0.15) is 0 Å². The lowest BCUT2D eigenvalue weighted by Crippen LogP contribution is -2.33. The summed E-state index contributed by atoms with van der Waals surface area (Å²) in [5.41, 5.74) is 6.33. The van der Waals surface area contributed by atoms with Crippen molar-refractivity contribution in [2.24, 2.45) is 0 Å². The van der Waals surface area contributed by atoms with E-state index in [1.807, 2.05) is 0 Å². The second-order valence-corrected chi connectivity index (χ2v) is 3.85.